The Hall–Kier alpha value is -3.21. The van der Waals surface area contributed by atoms with Crippen molar-refractivity contribution in [2.24, 2.45) is 23.7 Å². The molecule has 3 N–H and O–H groups in total. The second-order valence-corrected chi connectivity index (χ2v) is 12.7. The van der Waals surface area contributed by atoms with Gasteiger partial charge in [-0.3, -0.25) is 9.63 Å². The SMILES string of the molecule is COc1c(-c2cc(C(=O)O)cc(N(C)C)c2)ccc(F)c1CN1OC[C@@H]([C@H](C)O)[C@H]1C(=O)N[C@H]1C[C@H](C(C)C)CC[C@@H]1C. The lowest BCUT2D eigenvalue weighted by atomic mass is 9.74. The van der Waals surface area contributed by atoms with E-state index in [9.17, 15) is 19.8 Å². The summed E-state index contributed by atoms with van der Waals surface area (Å²) in [4.78, 5) is 33.5. The van der Waals surface area contributed by atoms with E-state index in [-0.39, 0.29) is 42.0 Å². The number of carbonyl (C=O) groups excluding carboxylic acids is 1. The van der Waals surface area contributed by atoms with Gasteiger partial charge in [0.15, 0.2) is 0 Å². The van der Waals surface area contributed by atoms with Crippen LogP contribution in [0.25, 0.3) is 11.1 Å². The molecule has 2 aromatic rings. The molecule has 6 atom stereocenters. The number of carboxylic acid groups (broad SMARTS) is 1. The van der Waals surface area contributed by atoms with Gasteiger partial charge in [-0.2, -0.15) is 5.06 Å². The highest BCUT2D eigenvalue weighted by atomic mass is 19.1. The van der Waals surface area contributed by atoms with Crippen LogP contribution in [0.2, 0.25) is 0 Å². The number of anilines is 1. The standard InChI is InChI=1S/C33H46FN3O6/c1-18(2)21-9-8-19(3)29(15-21)35-32(39)30-27(20(4)38)17-43-37(30)16-26-28(34)11-10-25(31(26)42-7)22-12-23(33(40)41)14-24(13-22)36(5)6/h10-14,18-21,27,29-30,38H,8-9,15-17H2,1-7H3,(H,35,39)(H,40,41)/t19-,20-,21+,27-,29-,30-/m0/s1. The molecule has 10 heteroatoms. The molecule has 2 fully saturated rings. The maximum Gasteiger partial charge on any atom is 0.335 e. The third-order valence-electron chi connectivity index (χ3n) is 9.26. The van der Waals surface area contributed by atoms with Crippen LogP contribution in [0.3, 0.4) is 0 Å². The van der Waals surface area contributed by atoms with Gasteiger partial charge in [0, 0.05) is 42.9 Å². The first-order chi connectivity index (χ1) is 20.3. The molecule has 0 radical (unpaired) electrons. The molecule has 1 heterocycles. The molecular weight excluding hydrogens is 553 g/mol. The molecule has 0 unspecified atom stereocenters. The smallest absolute Gasteiger partial charge is 0.335 e. The third-order valence-corrected chi connectivity index (χ3v) is 9.26. The summed E-state index contributed by atoms with van der Waals surface area (Å²) in [7, 11) is 5.05. The van der Waals surface area contributed by atoms with Crippen molar-refractivity contribution < 1.29 is 33.8 Å². The average molecular weight is 600 g/mol. The largest absolute Gasteiger partial charge is 0.496 e. The number of aliphatic hydroxyl groups excluding tert-OH is 1. The van der Waals surface area contributed by atoms with E-state index < -0.39 is 29.9 Å². The predicted octanol–water partition coefficient (Wildman–Crippen LogP) is 4.96. The van der Waals surface area contributed by atoms with E-state index in [1.165, 1.54) is 24.3 Å². The first kappa shape index (κ1) is 32.7. The lowest BCUT2D eigenvalue weighted by Gasteiger charge is -2.38. The van der Waals surface area contributed by atoms with E-state index >= 15 is 4.39 Å². The Morgan fingerprint density at radius 3 is 2.51 bits per heavy atom. The summed E-state index contributed by atoms with van der Waals surface area (Å²) in [5.74, 6) is -0.793. The summed E-state index contributed by atoms with van der Waals surface area (Å²) < 4.78 is 21.2. The molecule has 1 amide bonds. The van der Waals surface area contributed by atoms with Crippen LogP contribution in [0.4, 0.5) is 10.1 Å². The van der Waals surface area contributed by atoms with Crippen molar-refractivity contribution in [2.45, 2.75) is 71.7 Å². The Morgan fingerprint density at radius 2 is 1.91 bits per heavy atom. The number of aliphatic hydroxyl groups is 1. The molecule has 0 bridgehead atoms. The molecule has 2 aromatic carbocycles. The highest BCUT2D eigenvalue weighted by Gasteiger charge is 2.45. The number of carboxylic acids is 1. The number of nitrogens with zero attached hydrogens (tertiary/aromatic N) is 2. The number of hydrogen-bond donors (Lipinski definition) is 3. The zero-order valence-corrected chi connectivity index (χ0v) is 26.3. The zero-order chi connectivity index (χ0) is 31.6. The van der Waals surface area contributed by atoms with Crippen LogP contribution in [-0.4, -0.2) is 73.2 Å². The van der Waals surface area contributed by atoms with Gasteiger partial charge < -0.3 is 25.2 Å². The summed E-state index contributed by atoms with van der Waals surface area (Å²) in [5.41, 5.74) is 1.98. The number of rotatable bonds is 10. The number of hydrogen-bond acceptors (Lipinski definition) is 7. The van der Waals surface area contributed by atoms with E-state index in [4.69, 9.17) is 9.57 Å². The van der Waals surface area contributed by atoms with Gasteiger partial charge in [-0.05, 0) is 79.8 Å². The highest BCUT2D eigenvalue weighted by Crippen LogP contribution is 2.39. The van der Waals surface area contributed by atoms with Gasteiger partial charge in [0.2, 0.25) is 5.91 Å². The minimum atomic E-state index is -1.08. The maximum absolute atomic E-state index is 15.5. The van der Waals surface area contributed by atoms with E-state index in [1.807, 2.05) is 20.2 Å². The summed E-state index contributed by atoms with van der Waals surface area (Å²) >= 11 is 0. The van der Waals surface area contributed by atoms with E-state index in [1.54, 1.807) is 24.0 Å². The molecule has 2 aliphatic rings. The molecule has 4 rings (SSSR count). The first-order valence-corrected chi connectivity index (χ1v) is 15.1. The number of aromatic carboxylic acids is 1. The molecule has 0 spiro atoms. The topological polar surface area (TPSA) is 112 Å². The van der Waals surface area contributed by atoms with E-state index in [0.29, 0.717) is 34.6 Å². The summed E-state index contributed by atoms with van der Waals surface area (Å²) in [6, 6.07) is 6.94. The second-order valence-electron chi connectivity index (χ2n) is 12.7. The Morgan fingerprint density at radius 1 is 1.19 bits per heavy atom. The molecular formula is C33H46FN3O6. The molecule has 43 heavy (non-hydrogen) atoms. The number of nitrogens with one attached hydrogen (secondary N) is 1. The molecule has 0 aromatic heterocycles. The van der Waals surface area contributed by atoms with Crippen LogP contribution in [0.1, 0.15) is 62.9 Å². The minimum absolute atomic E-state index is 0.00718. The summed E-state index contributed by atoms with van der Waals surface area (Å²) in [6.07, 6.45) is 2.24. The molecule has 236 valence electrons. The summed E-state index contributed by atoms with van der Waals surface area (Å²) in [5, 5.41) is 25.0. The lowest BCUT2D eigenvalue weighted by molar-refractivity contribution is -0.158. The van der Waals surface area contributed by atoms with Gasteiger partial charge >= 0.3 is 5.97 Å². The Bertz CT molecular complexity index is 1320. The molecule has 1 aliphatic carbocycles. The number of benzene rings is 2. The third kappa shape index (κ3) is 7.13. The number of carbonyl (C=O) groups is 2. The molecule has 1 saturated carbocycles. The molecule has 1 saturated heterocycles. The van der Waals surface area contributed by atoms with Gasteiger partial charge in [0.05, 0.1) is 31.9 Å². The fourth-order valence-corrected chi connectivity index (χ4v) is 6.38. The normalized spacial score (nSPS) is 25.0. The van der Waals surface area contributed by atoms with Gasteiger partial charge in [0.1, 0.15) is 17.6 Å². The fourth-order valence-electron chi connectivity index (χ4n) is 6.38. The number of methoxy groups -OCH3 is 1. The van der Waals surface area contributed by atoms with Gasteiger partial charge in [0.25, 0.3) is 0 Å². The van der Waals surface area contributed by atoms with Gasteiger partial charge in [-0.1, -0.05) is 20.8 Å². The first-order valence-electron chi connectivity index (χ1n) is 15.1. The van der Waals surface area contributed by atoms with Crippen molar-refractivity contribution in [3.63, 3.8) is 0 Å². The van der Waals surface area contributed by atoms with Crippen molar-refractivity contribution in [2.75, 3.05) is 32.7 Å². The van der Waals surface area contributed by atoms with Crippen molar-refractivity contribution in [3.8, 4) is 16.9 Å². The lowest BCUT2D eigenvalue weighted by Crippen LogP contribution is -2.53. The van der Waals surface area contributed by atoms with Crippen LogP contribution in [0.15, 0.2) is 30.3 Å². The van der Waals surface area contributed by atoms with Gasteiger partial charge in [-0.25, -0.2) is 9.18 Å². The molecule has 1 aliphatic heterocycles. The van der Waals surface area contributed by atoms with Crippen LogP contribution in [0.5, 0.6) is 5.75 Å². The van der Waals surface area contributed by atoms with Crippen molar-refractivity contribution in [3.05, 3.63) is 47.3 Å². The van der Waals surface area contributed by atoms with Crippen molar-refractivity contribution >= 4 is 17.6 Å². The fraction of sp³-hybridized carbons (Fsp3) is 0.576. The quantitative estimate of drug-likeness (QED) is 0.352. The van der Waals surface area contributed by atoms with Crippen LogP contribution in [0, 0.1) is 29.5 Å². The van der Waals surface area contributed by atoms with Crippen LogP contribution in [-0.2, 0) is 16.2 Å². The predicted molar refractivity (Wildman–Crippen MR) is 163 cm³/mol. The second kappa shape index (κ2) is 13.6. The number of halogens is 1. The van der Waals surface area contributed by atoms with Crippen molar-refractivity contribution in [1.82, 2.24) is 10.4 Å². The van der Waals surface area contributed by atoms with E-state index in [2.05, 4.69) is 26.1 Å². The Labute approximate surface area is 253 Å². The monoisotopic (exact) mass is 599 g/mol. The number of ether oxygens (including phenoxy) is 1. The Kier molecular flexibility index (Phi) is 10.4. The molecule has 9 nitrogen and oxygen atoms in total. The maximum atomic E-state index is 15.5. The number of amides is 1. The van der Waals surface area contributed by atoms with E-state index in [0.717, 1.165) is 19.3 Å². The average Bonchev–Trinajstić information content (AvgIpc) is 3.38. The highest BCUT2D eigenvalue weighted by molar-refractivity contribution is 5.92. The van der Waals surface area contributed by atoms with Crippen LogP contribution >= 0.6 is 0 Å². The minimum Gasteiger partial charge on any atom is -0.496 e. The zero-order valence-electron chi connectivity index (χ0n) is 26.3. The Balaban J connectivity index is 1.67. The summed E-state index contributed by atoms with van der Waals surface area (Å²) in [6.45, 7) is 8.22. The van der Waals surface area contributed by atoms with Crippen molar-refractivity contribution in [1.29, 1.82) is 0 Å². The number of hydroxylamine groups is 2. The van der Waals surface area contributed by atoms with Gasteiger partial charge in [-0.15, -0.1) is 0 Å². The van der Waals surface area contributed by atoms with Crippen LogP contribution < -0.4 is 15.0 Å².